The number of carbonyl (C=O) groups excluding carboxylic acids is 1. The van der Waals surface area contributed by atoms with Crippen molar-refractivity contribution < 1.29 is 9.32 Å². The van der Waals surface area contributed by atoms with E-state index in [2.05, 4.69) is 10.3 Å². The van der Waals surface area contributed by atoms with Crippen LogP contribution in [0.25, 0.3) is 0 Å². The van der Waals surface area contributed by atoms with Gasteiger partial charge in [-0.25, -0.2) is 0 Å². The van der Waals surface area contributed by atoms with Crippen LogP contribution in [0.2, 0.25) is 0 Å². The van der Waals surface area contributed by atoms with E-state index in [4.69, 9.17) is 4.52 Å². The first-order chi connectivity index (χ1) is 8.15. The quantitative estimate of drug-likeness (QED) is 0.786. The van der Waals surface area contributed by atoms with Gasteiger partial charge in [-0.3, -0.25) is 9.48 Å². The minimum atomic E-state index is -0.0191. The molecular weight excluding hydrogens is 220 g/mol. The lowest BCUT2D eigenvalue weighted by molar-refractivity contribution is -0.131. The zero-order valence-electron chi connectivity index (χ0n) is 9.83. The predicted octanol–water partition coefficient (Wildman–Crippen LogP) is 0.838. The molecule has 0 bridgehead atoms. The number of nitrogens with zero attached hydrogens (tertiary/aromatic N) is 4. The van der Waals surface area contributed by atoms with E-state index in [0.717, 1.165) is 11.5 Å². The second-order valence-electron chi connectivity index (χ2n) is 3.88. The van der Waals surface area contributed by atoms with Gasteiger partial charge in [-0.1, -0.05) is 5.16 Å². The number of hydrogen-bond donors (Lipinski definition) is 0. The maximum absolute atomic E-state index is 11.8. The Morgan fingerprint density at radius 1 is 1.59 bits per heavy atom. The average Bonchev–Trinajstić information content (AvgIpc) is 2.90. The number of rotatable bonds is 4. The summed E-state index contributed by atoms with van der Waals surface area (Å²) in [7, 11) is 1.73. The molecule has 0 N–H and O–H groups in total. The van der Waals surface area contributed by atoms with Crippen molar-refractivity contribution in [3.8, 4) is 0 Å². The first-order valence-electron chi connectivity index (χ1n) is 5.29. The molecule has 0 aliphatic heterocycles. The molecule has 0 radical (unpaired) electrons. The van der Waals surface area contributed by atoms with Crippen molar-refractivity contribution >= 4 is 5.91 Å². The third-order valence-electron chi connectivity index (χ3n) is 2.36. The van der Waals surface area contributed by atoms with Crippen LogP contribution >= 0.6 is 0 Å². The van der Waals surface area contributed by atoms with Crippen LogP contribution < -0.4 is 0 Å². The van der Waals surface area contributed by atoms with Crippen molar-refractivity contribution in [1.29, 1.82) is 0 Å². The van der Waals surface area contributed by atoms with Crippen LogP contribution in [0.3, 0.4) is 0 Å². The van der Waals surface area contributed by atoms with Gasteiger partial charge >= 0.3 is 0 Å². The molecule has 0 fully saturated rings. The Hall–Kier alpha value is -2.11. The number of amides is 1. The summed E-state index contributed by atoms with van der Waals surface area (Å²) >= 11 is 0. The van der Waals surface area contributed by atoms with Crippen molar-refractivity contribution in [3.05, 3.63) is 36.0 Å². The molecule has 6 nitrogen and oxygen atoms in total. The maximum Gasteiger partial charge on any atom is 0.244 e. The molecule has 2 aromatic heterocycles. The summed E-state index contributed by atoms with van der Waals surface area (Å²) < 4.78 is 6.54. The molecule has 6 heteroatoms. The molecule has 0 aromatic carbocycles. The van der Waals surface area contributed by atoms with E-state index in [9.17, 15) is 4.79 Å². The van der Waals surface area contributed by atoms with Crippen LogP contribution in [0.4, 0.5) is 0 Å². The Kier molecular flexibility index (Phi) is 3.22. The molecule has 0 aliphatic rings. The number of hydrogen-bond acceptors (Lipinski definition) is 4. The highest BCUT2D eigenvalue weighted by Crippen LogP contribution is 2.05. The average molecular weight is 234 g/mol. The standard InChI is InChI=1S/C11H14N4O2/c1-9-6-10(13-17-9)7-14(2)11(16)8-15-5-3-4-12-15/h3-6H,7-8H2,1-2H3. The van der Waals surface area contributed by atoms with Crippen LogP contribution in [0.5, 0.6) is 0 Å². The molecule has 0 saturated carbocycles. The summed E-state index contributed by atoms with van der Waals surface area (Å²) in [5.74, 6) is 0.724. The minimum absolute atomic E-state index is 0.0191. The van der Waals surface area contributed by atoms with Gasteiger partial charge in [-0.2, -0.15) is 5.10 Å². The first kappa shape index (κ1) is 11.4. The van der Waals surface area contributed by atoms with Crippen LogP contribution in [0.15, 0.2) is 29.0 Å². The Morgan fingerprint density at radius 2 is 2.41 bits per heavy atom. The van der Waals surface area contributed by atoms with Gasteiger partial charge in [0.05, 0.1) is 6.54 Å². The number of aromatic nitrogens is 3. The molecule has 17 heavy (non-hydrogen) atoms. The van der Waals surface area contributed by atoms with E-state index >= 15 is 0 Å². The Labute approximate surface area is 98.8 Å². The molecule has 0 aliphatic carbocycles. The summed E-state index contributed by atoms with van der Waals surface area (Å²) in [4.78, 5) is 13.4. The molecule has 90 valence electrons. The van der Waals surface area contributed by atoms with E-state index in [1.165, 1.54) is 0 Å². The van der Waals surface area contributed by atoms with Crippen molar-refractivity contribution in [3.63, 3.8) is 0 Å². The third kappa shape index (κ3) is 2.93. The normalized spacial score (nSPS) is 10.5. The topological polar surface area (TPSA) is 64.2 Å². The van der Waals surface area contributed by atoms with E-state index < -0.39 is 0 Å². The van der Waals surface area contributed by atoms with E-state index in [1.807, 2.05) is 13.0 Å². The van der Waals surface area contributed by atoms with Gasteiger partial charge in [0.1, 0.15) is 18.0 Å². The van der Waals surface area contributed by atoms with Gasteiger partial charge in [0, 0.05) is 25.5 Å². The van der Waals surface area contributed by atoms with Crippen LogP contribution in [-0.4, -0.2) is 32.8 Å². The van der Waals surface area contributed by atoms with Crippen molar-refractivity contribution in [2.75, 3.05) is 7.05 Å². The zero-order valence-corrected chi connectivity index (χ0v) is 9.83. The van der Waals surface area contributed by atoms with Gasteiger partial charge < -0.3 is 9.42 Å². The highest BCUT2D eigenvalue weighted by molar-refractivity contribution is 5.75. The summed E-state index contributed by atoms with van der Waals surface area (Å²) in [5, 5.41) is 7.83. The first-order valence-corrected chi connectivity index (χ1v) is 5.29. The number of likely N-dealkylation sites (N-methyl/N-ethyl adjacent to an activating group) is 1. The van der Waals surface area contributed by atoms with Crippen molar-refractivity contribution in [2.45, 2.75) is 20.0 Å². The predicted molar refractivity (Wildman–Crippen MR) is 59.9 cm³/mol. The zero-order chi connectivity index (χ0) is 12.3. The molecule has 1 amide bonds. The second kappa shape index (κ2) is 4.82. The molecular formula is C11H14N4O2. The Bertz CT molecular complexity index is 489. The third-order valence-corrected chi connectivity index (χ3v) is 2.36. The highest BCUT2D eigenvalue weighted by atomic mass is 16.5. The van der Waals surface area contributed by atoms with Gasteiger partial charge in [0.15, 0.2) is 0 Å². The number of aryl methyl sites for hydroxylation is 1. The SMILES string of the molecule is Cc1cc(CN(C)C(=O)Cn2cccn2)no1. The van der Waals surface area contributed by atoms with E-state index in [-0.39, 0.29) is 12.5 Å². The lowest BCUT2D eigenvalue weighted by Crippen LogP contribution is -2.30. The smallest absolute Gasteiger partial charge is 0.244 e. The second-order valence-corrected chi connectivity index (χ2v) is 3.88. The maximum atomic E-state index is 11.8. The fraction of sp³-hybridized carbons (Fsp3) is 0.364. The minimum Gasteiger partial charge on any atom is -0.361 e. The van der Waals surface area contributed by atoms with Gasteiger partial charge in [-0.05, 0) is 13.0 Å². The molecule has 0 unspecified atom stereocenters. The molecule has 0 saturated heterocycles. The lowest BCUT2D eigenvalue weighted by Gasteiger charge is -2.15. The molecule has 0 atom stereocenters. The highest BCUT2D eigenvalue weighted by Gasteiger charge is 2.12. The summed E-state index contributed by atoms with van der Waals surface area (Å²) in [6.45, 7) is 2.50. The fourth-order valence-electron chi connectivity index (χ4n) is 1.48. The van der Waals surface area contributed by atoms with Crippen LogP contribution in [0.1, 0.15) is 11.5 Å². The van der Waals surface area contributed by atoms with E-state index in [1.54, 1.807) is 35.1 Å². The van der Waals surface area contributed by atoms with Crippen LogP contribution in [0, 0.1) is 6.92 Å². The molecule has 2 heterocycles. The van der Waals surface area contributed by atoms with Gasteiger partial charge in [-0.15, -0.1) is 0 Å². The molecule has 0 spiro atoms. The Morgan fingerprint density at radius 3 is 3.00 bits per heavy atom. The lowest BCUT2D eigenvalue weighted by atomic mass is 10.3. The Balaban J connectivity index is 1.91. The molecule has 2 rings (SSSR count). The summed E-state index contributed by atoms with van der Waals surface area (Å²) in [6.07, 6.45) is 3.40. The van der Waals surface area contributed by atoms with Gasteiger partial charge in [0.25, 0.3) is 0 Å². The molecule has 2 aromatic rings. The summed E-state index contributed by atoms with van der Waals surface area (Å²) in [5.41, 5.74) is 0.749. The van der Waals surface area contributed by atoms with Crippen molar-refractivity contribution in [2.24, 2.45) is 0 Å². The van der Waals surface area contributed by atoms with Gasteiger partial charge in [0.2, 0.25) is 5.91 Å². The largest absolute Gasteiger partial charge is 0.361 e. The van der Waals surface area contributed by atoms with Crippen LogP contribution in [-0.2, 0) is 17.9 Å². The van der Waals surface area contributed by atoms with E-state index in [0.29, 0.717) is 6.54 Å². The van der Waals surface area contributed by atoms with Crippen molar-refractivity contribution in [1.82, 2.24) is 19.8 Å². The fourth-order valence-corrected chi connectivity index (χ4v) is 1.48. The number of carbonyl (C=O) groups is 1. The monoisotopic (exact) mass is 234 g/mol. The summed E-state index contributed by atoms with van der Waals surface area (Å²) in [6, 6.07) is 3.60.